The minimum atomic E-state index is 0.412. The van der Waals surface area contributed by atoms with E-state index in [0.29, 0.717) is 19.3 Å². The predicted octanol–water partition coefficient (Wildman–Crippen LogP) is 3.94. The molecule has 1 unspecified atom stereocenters. The Labute approximate surface area is 123 Å². The molecule has 0 saturated carbocycles. The van der Waals surface area contributed by atoms with Crippen LogP contribution in [0, 0.1) is 0 Å². The van der Waals surface area contributed by atoms with Crippen molar-refractivity contribution in [3.05, 3.63) is 29.8 Å². The zero-order valence-corrected chi connectivity index (χ0v) is 13.2. The summed E-state index contributed by atoms with van der Waals surface area (Å²) in [5.74, 6) is 0.930. The van der Waals surface area contributed by atoms with Gasteiger partial charge >= 0.3 is 0 Å². The summed E-state index contributed by atoms with van der Waals surface area (Å²) in [6.45, 7) is 9.64. The third-order valence-corrected chi connectivity index (χ3v) is 3.15. The highest BCUT2D eigenvalue weighted by Gasteiger charge is 2.08. The van der Waals surface area contributed by atoms with Crippen LogP contribution in [-0.4, -0.2) is 26.4 Å². The van der Waals surface area contributed by atoms with E-state index in [2.05, 4.69) is 44.3 Å². The number of rotatable bonds is 11. The van der Waals surface area contributed by atoms with Crippen molar-refractivity contribution in [3.63, 3.8) is 0 Å². The second kappa shape index (κ2) is 10.7. The molecule has 3 nitrogen and oxygen atoms in total. The smallest absolute Gasteiger partial charge is 0.119 e. The number of hydrogen-bond acceptors (Lipinski definition) is 3. The lowest BCUT2D eigenvalue weighted by molar-refractivity contribution is 0.101. The van der Waals surface area contributed by atoms with Crippen LogP contribution in [0.4, 0.5) is 0 Å². The molecule has 3 heteroatoms. The summed E-state index contributed by atoms with van der Waals surface area (Å²) in [7, 11) is 0. The van der Waals surface area contributed by atoms with E-state index >= 15 is 0 Å². The number of ether oxygens (including phenoxy) is 2. The molecule has 0 aromatic heterocycles. The van der Waals surface area contributed by atoms with E-state index in [1.54, 1.807) is 0 Å². The van der Waals surface area contributed by atoms with Crippen molar-refractivity contribution >= 4 is 0 Å². The molecule has 0 aliphatic carbocycles. The van der Waals surface area contributed by atoms with Crippen molar-refractivity contribution in [2.24, 2.45) is 0 Å². The van der Waals surface area contributed by atoms with Crippen LogP contribution >= 0.6 is 0 Å². The summed E-state index contributed by atoms with van der Waals surface area (Å²) < 4.78 is 11.2. The third kappa shape index (κ3) is 6.40. The van der Waals surface area contributed by atoms with Gasteiger partial charge in [-0.25, -0.2) is 0 Å². The molecule has 1 N–H and O–H groups in total. The average molecular weight is 279 g/mol. The maximum atomic E-state index is 5.74. The summed E-state index contributed by atoms with van der Waals surface area (Å²) in [6.07, 6.45) is 3.29. The van der Waals surface area contributed by atoms with Crippen molar-refractivity contribution in [2.75, 3.05) is 26.4 Å². The zero-order chi connectivity index (χ0) is 14.6. The molecule has 0 aliphatic rings. The van der Waals surface area contributed by atoms with Crippen molar-refractivity contribution < 1.29 is 9.47 Å². The largest absolute Gasteiger partial charge is 0.491 e. The first kappa shape index (κ1) is 17.0. The molecule has 0 aliphatic heterocycles. The molecule has 0 spiro atoms. The molecular formula is C17H29NO2. The van der Waals surface area contributed by atoms with Gasteiger partial charge in [-0.2, -0.15) is 0 Å². The molecule has 114 valence electrons. The Hall–Kier alpha value is -1.06. The molecule has 20 heavy (non-hydrogen) atoms. The molecule has 0 bridgehead atoms. The first-order valence-corrected chi connectivity index (χ1v) is 7.85. The molecule has 1 aromatic carbocycles. The first-order valence-electron chi connectivity index (χ1n) is 7.85. The van der Waals surface area contributed by atoms with Crippen LogP contribution in [0.1, 0.15) is 51.6 Å². The molecule has 0 saturated heterocycles. The minimum Gasteiger partial charge on any atom is -0.491 e. The molecule has 1 atom stereocenters. The van der Waals surface area contributed by atoms with E-state index in [4.69, 9.17) is 9.47 Å². The highest BCUT2D eigenvalue weighted by molar-refractivity contribution is 5.30. The average Bonchev–Trinajstić information content (AvgIpc) is 2.48. The van der Waals surface area contributed by atoms with Gasteiger partial charge in [0.25, 0.3) is 0 Å². The van der Waals surface area contributed by atoms with Gasteiger partial charge in [-0.15, -0.1) is 0 Å². The van der Waals surface area contributed by atoms with Gasteiger partial charge in [0.15, 0.2) is 0 Å². The molecule has 1 aromatic rings. The van der Waals surface area contributed by atoms with Gasteiger partial charge in [0.2, 0.25) is 0 Å². The topological polar surface area (TPSA) is 30.5 Å². The van der Waals surface area contributed by atoms with E-state index in [1.807, 2.05) is 6.07 Å². The zero-order valence-electron chi connectivity index (χ0n) is 13.2. The molecule has 0 radical (unpaired) electrons. The third-order valence-electron chi connectivity index (χ3n) is 3.15. The maximum Gasteiger partial charge on any atom is 0.119 e. The van der Waals surface area contributed by atoms with Crippen molar-refractivity contribution in [1.29, 1.82) is 0 Å². The number of benzene rings is 1. The number of nitrogens with one attached hydrogen (secondary N) is 1. The Morgan fingerprint density at radius 1 is 1.05 bits per heavy atom. The van der Waals surface area contributed by atoms with Crippen molar-refractivity contribution in [3.8, 4) is 5.75 Å². The number of hydrogen-bond donors (Lipinski definition) is 1. The summed E-state index contributed by atoms with van der Waals surface area (Å²) >= 11 is 0. The second-order valence-electron chi connectivity index (χ2n) is 4.95. The highest BCUT2D eigenvalue weighted by atomic mass is 16.5. The molecular weight excluding hydrogens is 250 g/mol. The summed E-state index contributed by atoms with van der Waals surface area (Å²) in [5, 5.41) is 3.57. The monoisotopic (exact) mass is 279 g/mol. The summed E-state index contributed by atoms with van der Waals surface area (Å²) in [4.78, 5) is 0. The second-order valence-corrected chi connectivity index (χ2v) is 4.95. The van der Waals surface area contributed by atoms with E-state index in [0.717, 1.165) is 38.2 Å². The van der Waals surface area contributed by atoms with Crippen LogP contribution < -0.4 is 10.1 Å². The SMILES string of the molecule is CCCNC(CC)c1cccc(OCCOCCC)c1. The Bertz CT molecular complexity index is 355. The van der Waals surface area contributed by atoms with Gasteiger partial charge < -0.3 is 14.8 Å². The molecule has 0 amide bonds. The van der Waals surface area contributed by atoms with Crippen LogP contribution in [0.5, 0.6) is 5.75 Å². The van der Waals surface area contributed by atoms with Gasteiger partial charge in [-0.05, 0) is 43.5 Å². The van der Waals surface area contributed by atoms with Crippen LogP contribution in [-0.2, 0) is 4.74 Å². The van der Waals surface area contributed by atoms with Gasteiger partial charge in [-0.3, -0.25) is 0 Å². The lowest BCUT2D eigenvalue weighted by atomic mass is 10.0. The first-order chi connectivity index (χ1) is 9.81. The quantitative estimate of drug-likeness (QED) is 0.622. The summed E-state index contributed by atoms with van der Waals surface area (Å²) in [6, 6.07) is 8.78. The van der Waals surface area contributed by atoms with E-state index in [9.17, 15) is 0 Å². The Morgan fingerprint density at radius 2 is 1.90 bits per heavy atom. The summed E-state index contributed by atoms with van der Waals surface area (Å²) in [5.41, 5.74) is 1.30. The Morgan fingerprint density at radius 3 is 2.60 bits per heavy atom. The van der Waals surface area contributed by atoms with Gasteiger partial charge in [0.1, 0.15) is 12.4 Å². The van der Waals surface area contributed by atoms with Crippen LogP contribution in [0.2, 0.25) is 0 Å². The Kier molecular flexibility index (Phi) is 9.09. The molecule has 0 heterocycles. The van der Waals surface area contributed by atoms with Crippen molar-refractivity contribution in [2.45, 2.75) is 46.1 Å². The molecule has 1 rings (SSSR count). The lowest BCUT2D eigenvalue weighted by Crippen LogP contribution is -2.21. The van der Waals surface area contributed by atoms with E-state index < -0.39 is 0 Å². The molecule has 0 fully saturated rings. The fourth-order valence-corrected chi connectivity index (χ4v) is 2.10. The van der Waals surface area contributed by atoms with Crippen molar-refractivity contribution in [1.82, 2.24) is 5.32 Å². The van der Waals surface area contributed by atoms with Crippen LogP contribution in [0.25, 0.3) is 0 Å². The van der Waals surface area contributed by atoms with E-state index in [1.165, 1.54) is 5.56 Å². The van der Waals surface area contributed by atoms with Gasteiger partial charge in [-0.1, -0.05) is 32.9 Å². The van der Waals surface area contributed by atoms with Gasteiger partial charge in [0.05, 0.1) is 6.61 Å². The fraction of sp³-hybridized carbons (Fsp3) is 0.647. The normalized spacial score (nSPS) is 12.3. The Balaban J connectivity index is 2.47. The minimum absolute atomic E-state index is 0.412. The van der Waals surface area contributed by atoms with Gasteiger partial charge in [0, 0.05) is 12.6 Å². The standard InChI is InChI=1S/C17H29NO2/c1-4-10-18-17(6-3)15-8-7-9-16(14-15)20-13-12-19-11-5-2/h7-9,14,17-18H,4-6,10-13H2,1-3H3. The van der Waals surface area contributed by atoms with Crippen LogP contribution in [0.3, 0.4) is 0 Å². The maximum absolute atomic E-state index is 5.74. The lowest BCUT2D eigenvalue weighted by Gasteiger charge is -2.18. The van der Waals surface area contributed by atoms with E-state index in [-0.39, 0.29) is 0 Å². The predicted molar refractivity (Wildman–Crippen MR) is 84.4 cm³/mol. The van der Waals surface area contributed by atoms with Crippen LogP contribution in [0.15, 0.2) is 24.3 Å². The fourth-order valence-electron chi connectivity index (χ4n) is 2.10. The highest BCUT2D eigenvalue weighted by Crippen LogP contribution is 2.21.